The van der Waals surface area contributed by atoms with Crippen molar-refractivity contribution in [2.45, 2.75) is 50.6 Å². The number of carbonyl (C=O) groups is 2. The molecule has 7 heteroatoms. The molecule has 2 saturated carbocycles. The van der Waals surface area contributed by atoms with Crippen LogP contribution in [-0.2, 0) is 4.79 Å². The van der Waals surface area contributed by atoms with Crippen LogP contribution in [0.3, 0.4) is 0 Å². The Bertz CT molecular complexity index is 944. The number of hydrogen-bond donors (Lipinski definition) is 3. The highest BCUT2D eigenvalue weighted by Crippen LogP contribution is 2.33. The molecule has 0 aliphatic heterocycles. The molecule has 146 valence electrons. The first-order chi connectivity index (χ1) is 13.5. The minimum atomic E-state index is -0.436. The number of amides is 2. The van der Waals surface area contributed by atoms with Crippen molar-refractivity contribution in [3.05, 3.63) is 35.8 Å². The Morgan fingerprint density at radius 3 is 2.71 bits per heavy atom. The molecule has 0 saturated heterocycles. The first kappa shape index (κ1) is 18.5. The molecule has 0 spiro atoms. The van der Waals surface area contributed by atoms with E-state index in [0.29, 0.717) is 23.0 Å². The fourth-order valence-corrected chi connectivity index (χ4v) is 4.03. The van der Waals surface area contributed by atoms with Gasteiger partial charge in [-0.05, 0) is 55.9 Å². The summed E-state index contributed by atoms with van der Waals surface area (Å²) in [6.45, 7) is 0. The van der Waals surface area contributed by atoms with Gasteiger partial charge in [0.1, 0.15) is 17.6 Å². The van der Waals surface area contributed by atoms with E-state index in [1.807, 2.05) is 0 Å². The normalized spacial score (nSPS) is 23.0. The zero-order chi connectivity index (χ0) is 19.7. The smallest absolute Gasteiger partial charge is 0.267 e. The van der Waals surface area contributed by atoms with Crippen LogP contribution in [0.2, 0.25) is 0 Å². The maximum Gasteiger partial charge on any atom is 0.267 e. The fourth-order valence-electron chi connectivity index (χ4n) is 4.03. The molecule has 28 heavy (non-hydrogen) atoms. The lowest BCUT2D eigenvalue weighted by atomic mass is 9.83. The molecule has 2 aliphatic carbocycles. The Hall–Kier alpha value is -2.88. The zero-order valence-corrected chi connectivity index (χ0v) is 15.5. The average molecular weight is 382 g/mol. The van der Waals surface area contributed by atoms with E-state index in [2.05, 4.69) is 21.7 Å². The van der Waals surface area contributed by atoms with E-state index < -0.39 is 6.04 Å². The largest absolute Gasteiger partial charge is 0.351 e. The topological polar surface area (TPSA) is 97.8 Å². The SMILES string of the molecule is N#C[C@@H](NC(=O)[C@@H]1CCCCC1NC(=O)c1cc2cc(F)ccc2[nH]1)C1CC1. The summed E-state index contributed by atoms with van der Waals surface area (Å²) in [4.78, 5) is 28.5. The van der Waals surface area contributed by atoms with E-state index in [9.17, 15) is 19.2 Å². The summed E-state index contributed by atoms with van der Waals surface area (Å²) in [6, 6.07) is 7.40. The lowest BCUT2D eigenvalue weighted by Gasteiger charge is -2.31. The lowest BCUT2D eigenvalue weighted by Crippen LogP contribution is -2.50. The number of nitrogens with one attached hydrogen (secondary N) is 3. The van der Waals surface area contributed by atoms with Crippen LogP contribution in [0.15, 0.2) is 24.3 Å². The predicted octanol–water partition coefficient (Wildman–Crippen LogP) is 3.01. The van der Waals surface area contributed by atoms with Gasteiger partial charge in [-0.1, -0.05) is 12.8 Å². The summed E-state index contributed by atoms with van der Waals surface area (Å²) < 4.78 is 13.4. The molecule has 3 N–H and O–H groups in total. The molecule has 1 heterocycles. The van der Waals surface area contributed by atoms with Crippen molar-refractivity contribution in [3.8, 4) is 6.07 Å². The van der Waals surface area contributed by atoms with Crippen LogP contribution in [0.5, 0.6) is 0 Å². The molecule has 4 rings (SSSR count). The highest BCUT2D eigenvalue weighted by Gasteiger charge is 2.37. The summed E-state index contributed by atoms with van der Waals surface area (Å²) in [6.07, 6.45) is 5.24. The number of hydrogen-bond acceptors (Lipinski definition) is 3. The Morgan fingerprint density at radius 1 is 1.18 bits per heavy atom. The maximum absolute atomic E-state index is 13.4. The van der Waals surface area contributed by atoms with Gasteiger partial charge in [0.2, 0.25) is 5.91 Å². The number of benzene rings is 1. The van der Waals surface area contributed by atoms with Gasteiger partial charge >= 0.3 is 0 Å². The number of nitrogens with zero attached hydrogens (tertiary/aromatic N) is 1. The van der Waals surface area contributed by atoms with Crippen molar-refractivity contribution < 1.29 is 14.0 Å². The highest BCUT2D eigenvalue weighted by molar-refractivity contribution is 5.98. The van der Waals surface area contributed by atoms with Crippen molar-refractivity contribution >= 4 is 22.7 Å². The third-order valence-corrected chi connectivity index (χ3v) is 5.78. The minimum Gasteiger partial charge on any atom is -0.351 e. The van der Waals surface area contributed by atoms with Crippen LogP contribution in [0, 0.1) is 29.0 Å². The molecule has 1 aromatic carbocycles. The molecule has 2 fully saturated rings. The zero-order valence-electron chi connectivity index (χ0n) is 15.5. The summed E-state index contributed by atoms with van der Waals surface area (Å²) >= 11 is 0. The number of carbonyl (C=O) groups excluding carboxylic acids is 2. The van der Waals surface area contributed by atoms with Crippen molar-refractivity contribution in [2.75, 3.05) is 0 Å². The van der Waals surface area contributed by atoms with E-state index in [4.69, 9.17) is 0 Å². The molecular weight excluding hydrogens is 359 g/mol. The van der Waals surface area contributed by atoms with Gasteiger partial charge in [-0.25, -0.2) is 4.39 Å². The third kappa shape index (κ3) is 3.86. The molecule has 6 nitrogen and oxygen atoms in total. The number of fused-ring (bicyclic) bond motifs is 1. The molecule has 0 bridgehead atoms. The average Bonchev–Trinajstić information content (AvgIpc) is 3.45. The predicted molar refractivity (Wildman–Crippen MR) is 102 cm³/mol. The van der Waals surface area contributed by atoms with Gasteiger partial charge in [-0.15, -0.1) is 0 Å². The van der Waals surface area contributed by atoms with Gasteiger partial charge in [-0.3, -0.25) is 9.59 Å². The quantitative estimate of drug-likeness (QED) is 0.741. The molecule has 2 aliphatic rings. The van der Waals surface area contributed by atoms with Gasteiger partial charge in [0.05, 0.1) is 12.0 Å². The van der Waals surface area contributed by atoms with Crippen LogP contribution >= 0.6 is 0 Å². The second-order valence-electron chi connectivity index (χ2n) is 7.84. The van der Waals surface area contributed by atoms with E-state index in [0.717, 1.165) is 32.1 Å². The van der Waals surface area contributed by atoms with Gasteiger partial charge < -0.3 is 15.6 Å². The van der Waals surface area contributed by atoms with Crippen LogP contribution < -0.4 is 10.6 Å². The number of nitriles is 1. The summed E-state index contributed by atoms with van der Waals surface area (Å²) in [5, 5.41) is 15.7. The van der Waals surface area contributed by atoms with Crippen molar-refractivity contribution in [3.63, 3.8) is 0 Å². The first-order valence-corrected chi connectivity index (χ1v) is 9.84. The van der Waals surface area contributed by atoms with Crippen LogP contribution in [0.4, 0.5) is 4.39 Å². The van der Waals surface area contributed by atoms with Gasteiger partial charge in [0.25, 0.3) is 5.91 Å². The van der Waals surface area contributed by atoms with Gasteiger partial charge in [0, 0.05) is 16.9 Å². The fraction of sp³-hybridized carbons (Fsp3) is 0.476. The summed E-state index contributed by atoms with van der Waals surface area (Å²) in [7, 11) is 0. The molecule has 2 aromatic rings. The van der Waals surface area contributed by atoms with Crippen LogP contribution in [0.1, 0.15) is 49.0 Å². The van der Waals surface area contributed by atoms with E-state index >= 15 is 0 Å². The van der Waals surface area contributed by atoms with E-state index in [1.54, 1.807) is 12.1 Å². The van der Waals surface area contributed by atoms with Gasteiger partial charge in [0.15, 0.2) is 0 Å². The molecule has 1 unspecified atom stereocenters. The maximum atomic E-state index is 13.4. The second-order valence-corrected chi connectivity index (χ2v) is 7.84. The Kier molecular flexibility index (Phi) is 5.03. The summed E-state index contributed by atoms with van der Waals surface area (Å²) in [5.41, 5.74) is 1.03. The second kappa shape index (κ2) is 7.63. The van der Waals surface area contributed by atoms with E-state index in [-0.39, 0.29) is 35.5 Å². The first-order valence-electron chi connectivity index (χ1n) is 9.84. The summed E-state index contributed by atoms with van der Waals surface area (Å²) in [5.74, 6) is -0.890. The van der Waals surface area contributed by atoms with Crippen LogP contribution in [-0.4, -0.2) is 28.9 Å². The third-order valence-electron chi connectivity index (χ3n) is 5.78. The number of rotatable bonds is 5. The van der Waals surface area contributed by atoms with Crippen LogP contribution in [0.25, 0.3) is 10.9 Å². The minimum absolute atomic E-state index is 0.151. The monoisotopic (exact) mass is 382 g/mol. The van der Waals surface area contributed by atoms with E-state index in [1.165, 1.54) is 12.1 Å². The number of H-pyrrole nitrogens is 1. The highest BCUT2D eigenvalue weighted by atomic mass is 19.1. The Morgan fingerprint density at radius 2 is 1.96 bits per heavy atom. The molecule has 0 radical (unpaired) electrons. The van der Waals surface area contributed by atoms with Gasteiger partial charge in [-0.2, -0.15) is 5.26 Å². The lowest BCUT2D eigenvalue weighted by molar-refractivity contribution is -0.127. The van der Waals surface area contributed by atoms with Crippen molar-refractivity contribution in [2.24, 2.45) is 11.8 Å². The Balaban J connectivity index is 1.45. The number of halogens is 1. The molecule has 2 amide bonds. The Labute approximate surface area is 162 Å². The standard InChI is InChI=1S/C21H23FN4O2/c22-14-7-8-16-13(9-14)10-18(24-16)21(28)25-17-4-2-1-3-15(17)20(27)26-19(11-23)12-5-6-12/h7-10,12,15,17,19,24H,1-6H2,(H,25,28)(H,26,27)/t15-,17?,19-/m1/s1. The number of aromatic amines is 1. The molecule has 1 aromatic heterocycles. The molecule has 3 atom stereocenters. The van der Waals surface area contributed by atoms with Crippen molar-refractivity contribution in [1.29, 1.82) is 5.26 Å². The van der Waals surface area contributed by atoms with Crippen molar-refractivity contribution in [1.82, 2.24) is 15.6 Å². The number of aromatic nitrogens is 1. The molecular formula is C21H23FN4O2.